The first-order valence-corrected chi connectivity index (χ1v) is 4.58. The van der Waals surface area contributed by atoms with Crippen molar-refractivity contribution >= 4 is 11.9 Å². The van der Waals surface area contributed by atoms with E-state index < -0.39 is 0 Å². The van der Waals surface area contributed by atoms with Crippen LogP contribution in [0.1, 0.15) is 5.56 Å². The molecule has 0 fully saturated rings. The molecule has 1 N–H and O–H groups in total. The summed E-state index contributed by atoms with van der Waals surface area (Å²) in [5, 5.41) is 9.08. The predicted molar refractivity (Wildman–Crippen MR) is 59.6 cm³/mol. The predicted octanol–water partition coefficient (Wildman–Crippen LogP) is 2.54. The average Bonchev–Trinajstić information content (AvgIpc) is 2.30. The molecule has 2 aromatic rings. The maximum Gasteiger partial charge on any atom is 0.115 e. The number of rotatable bonds is 2. The number of aromatic hydroxyl groups is 1. The van der Waals surface area contributed by atoms with E-state index in [2.05, 4.69) is 9.98 Å². The molecule has 1 heterocycles. The Bertz CT molecular complexity index is 449. The minimum Gasteiger partial charge on any atom is -0.508 e. The SMILES string of the molecule is Oc1ccc(N=Cc2ccncc2)cc1. The zero-order valence-electron chi connectivity index (χ0n) is 8.04. The number of benzene rings is 1. The number of phenolic OH excluding ortho intramolecular Hbond substituents is 1. The van der Waals surface area contributed by atoms with Gasteiger partial charge in [0.2, 0.25) is 0 Å². The number of hydrogen-bond donors (Lipinski definition) is 1. The van der Waals surface area contributed by atoms with E-state index in [-0.39, 0.29) is 5.75 Å². The molecule has 3 heteroatoms. The highest BCUT2D eigenvalue weighted by molar-refractivity contribution is 5.81. The van der Waals surface area contributed by atoms with Crippen LogP contribution < -0.4 is 0 Å². The van der Waals surface area contributed by atoms with Gasteiger partial charge in [-0.25, -0.2) is 0 Å². The molecular weight excluding hydrogens is 188 g/mol. The Morgan fingerprint density at radius 2 is 1.67 bits per heavy atom. The zero-order chi connectivity index (χ0) is 10.5. The normalized spacial score (nSPS) is 10.7. The first-order chi connectivity index (χ1) is 7.34. The molecule has 2 rings (SSSR count). The minimum atomic E-state index is 0.248. The highest BCUT2D eigenvalue weighted by Gasteiger charge is 1.89. The van der Waals surface area contributed by atoms with E-state index in [0.29, 0.717) is 0 Å². The molecule has 0 atom stereocenters. The highest BCUT2D eigenvalue weighted by atomic mass is 16.3. The number of aromatic nitrogens is 1. The number of aliphatic imine (C=N–C) groups is 1. The largest absolute Gasteiger partial charge is 0.508 e. The fraction of sp³-hybridized carbons (Fsp3) is 0. The van der Waals surface area contributed by atoms with Gasteiger partial charge in [-0.05, 0) is 42.0 Å². The van der Waals surface area contributed by atoms with Crippen molar-refractivity contribution in [3.8, 4) is 5.75 Å². The molecule has 0 aliphatic heterocycles. The highest BCUT2D eigenvalue weighted by Crippen LogP contribution is 2.16. The molecule has 1 aromatic heterocycles. The number of nitrogens with zero attached hydrogens (tertiary/aromatic N) is 2. The summed E-state index contributed by atoms with van der Waals surface area (Å²) in [7, 11) is 0. The van der Waals surface area contributed by atoms with Gasteiger partial charge in [0.05, 0.1) is 5.69 Å². The molecule has 74 valence electrons. The van der Waals surface area contributed by atoms with Crippen LogP contribution in [-0.4, -0.2) is 16.3 Å². The average molecular weight is 198 g/mol. The van der Waals surface area contributed by atoms with Crippen LogP contribution >= 0.6 is 0 Å². The van der Waals surface area contributed by atoms with Crippen molar-refractivity contribution in [3.63, 3.8) is 0 Å². The molecule has 15 heavy (non-hydrogen) atoms. The summed E-state index contributed by atoms with van der Waals surface area (Å²) in [4.78, 5) is 8.17. The van der Waals surface area contributed by atoms with E-state index in [0.717, 1.165) is 11.3 Å². The van der Waals surface area contributed by atoms with Crippen LogP contribution in [-0.2, 0) is 0 Å². The Morgan fingerprint density at radius 1 is 1.00 bits per heavy atom. The third-order valence-corrected chi connectivity index (χ3v) is 1.92. The second-order valence-electron chi connectivity index (χ2n) is 3.06. The van der Waals surface area contributed by atoms with Crippen molar-refractivity contribution in [2.45, 2.75) is 0 Å². The second-order valence-corrected chi connectivity index (χ2v) is 3.06. The van der Waals surface area contributed by atoms with Crippen molar-refractivity contribution in [2.24, 2.45) is 4.99 Å². The standard InChI is InChI=1S/C12H10N2O/c15-12-3-1-11(2-4-12)14-9-10-5-7-13-8-6-10/h1-9,15H. The van der Waals surface area contributed by atoms with Crippen molar-refractivity contribution < 1.29 is 5.11 Å². The van der Waals surface area contributed by atoms with E-state index in [9.17, 15) is 0 Å². The molecule has 0 saturated carbocycles. The van der Waals surface area contributed by atoms with E-state index in [1.807, 2.05) is 12.1 Å². The summed E-state index contributed by atoms with van der Waals surface area (Å²) in [6.45, 7) is 0. The van der Waals surface area contributed by atoms with Crippen LogP contribution in [0.5, 0.6) is 5.75 Å². The maximum atomic E-state index is 9.08. The molecule has 0 aliphatic rings. The van der Waals surface area contributed by atoms with E-state index in [4.69, 9.17) is 5.11 Å². The van der Waals surface area contributed by atoms with Gasteiger partial charge < -0.3 is 5.11 Å². The summed E-state index contributed by atoms with van der Waals surface area (Å²) in [6.07, 6.45) is 5.20. The molecule has 0 bridgehead atoms. The van der Waals surface area contributed by atoms with Gasteiger partial charge in [-0.3, -0.25) is 9.98 Å². The molecule has 3 nitrogen and oxygen atoms in total. The molecule has 1 aromatic carbocycles. The molecule has 0 unspecified atom stereocenters. The fourth-order valence-electron chi connectivity index (χ4n) is 1.14. The van der Waals surface area contributed by atoms with Gasteiger partial charge in [-0.1, -0.05) is 0 Å². The molecule has 0 amide bonds. The number of phenols is 1. The first kappa shape index (κ1) is 9.40. The summed E-state index contributed by atoms with van der Waals surface area (Å²) in [5.41, 5.74) is 1.81. The minimum absolute atomic E-state index is 0.248. The summed E-state index contributed by atoms with van der Waals surface area (Å²) < 4.78 is 0. The lowest BCUT2D eigenvalue weighted by molar-refractivity contribution is 0.475. The van der Waals surface area contributed by atoms with Crippen LogP contribution in [0, 0.1) is 0 Å². The maximum absolute atomic E-state index is 9.08. The number of hydrogen-bond acceptors (Lipinski definition) is 3. The third kappa shape index (κ3) is 2.64. The van der Waals surface area contributed by atoms with Gasteiger partial charge in [0.15, 0.2) is 0 Å². The van der Waals surface area contributed by atoms with Crippen LogP contribution in [0.2, 0.25) is 0 Å². The lowest BCUT2D eigenvalue weighted by Gasteiger charge is -1.94. The summed E-state index contributed by atoms with van der Waals surface area (Å²) in [6, 6.07) is 10.5. The summed E-state index contributed by atoms with van der Waals surface area (Å²) in [5.74, 6) is 0.248. The Balaban J connectivity index is 2.15. The Kier molecular flexibility index (Phi) is 2.74. The lowest BCUT2D eigenvalue weighted by Crippen LogP contribution is -1.79. The molecule has 0 radical (unpaired) electrons. The van der Waals surface area contributed by atoms with Crippen LogP contribution in [0.25, 0.3) is 0 Å². The van der Waals surface area contributed by atoms with Crippen molar-refractivity contribution in [1.82, 2.24) is 4.98 Å². The smallest absolute Gasteiger partial charge is 0.115 e. The zero-order valence-corrected chi connectivity index (χ0v) is 8.04. The van der Waals surface area contributed by atoms with E-state index in [1.165, 1.54) is 0 Å². The molecule has 0 spiro atoms. The topological polar surface area (TPSA) is 45.5 Å². The van der Waals surface area contributed by atoms with E-state index >= 15 is 0 Å². The first-order valence-electron chi connectivity index (χ1n) is 4.58. The quantitative estimate of drug-likeness (QED) is 0.753. The van der Waals surface area contributed by atoms with Gasteiger partial charge in [-0.2, -0.15) is 0 Å². The van der Waals surface area contributed by atoms with Gasteiger partial charge >= 0.3 is 0 Å². The van der Waals surface area contributed by atoms with Crippen molar-refractivity contribution in [1.29, 1.82) is 0 Å². The van der Waals surface area contributed by atoms with E-state index in [1.54, 1.807) is 42.9 Å². The van der Waals surface area contributed by atoms with Gasteiger partial charge in [0.25, 0.3) is 0 Å². The third-order valence-electron chi connectivity index (χ3n) is 1.92. The monoisotopic (exact) mass is 198 g/mol. The summed E-state index contributed by atoms with van der Waals surface area (Å²) >= 11 is 0. The second kappa shape index (κ2) is 4.37. The van der Waals surface area contributed by atoms with Gasteiger partial charge in [0.1, 0.15) is 5.75 Å². The fourth-order valence-corrected chi connectivity index (χ4v) is 1.14. The Morgan fingerprint density at radius 3 is 2.33 bits per heavy atom. The van der Waals surface area contributed by atoms with Crippen LogP contribution in [0.3, 0.4) is 0 Å². The number of pyridine rings is 1. The van der Waals surface area contributed by atoms with Crippen molar-refractivity contribution in [2.75, 3.05) is 0 Å². The van der Waals surface area contributed by atoms with Crippen LogP contribution in [0.15, 0.2) is 53.8 Å². The van der Waals surface area contributed by atoms with Crippen LogP contribution in [0.4, 0.5) is 5.69 Å². The molecule has 0 saturated heterocycles. The molecular formula is C12H10N2O. The van der Waals surface area contributed by atoms with Crippen molar-refractivity contribution in [3.05, 3.63) is 54.4 Å². The lowest BCUT2D eigenvalue weighted by atomic mass is 10.3. The van der Waals surface area contributed by atoms with Gasteiger partial charge in [0, 0.05) is 18.6 Å². The Labute approximate surface area is 87.8 Å². The molecule has 0 aliphatic carbocycles. The van der Waals surface area contributed by atoms with Gasteiger partial charge in [-0.15, -0.1) is 0 Å². The Hall–Kier alpha value is -2.16.